The molecule has 1 atom stereocenters. The SMILES string of the molecule is Cc1nn(C)c(C)c1CNC(CO)C(C)C. The summed E-state index contributed by atoms with van der Waals surface area (Å²) in [5.41, 5.74) is 3.49. The molecular weight excluding hydrogens is 202 g/mol. The molecular formula is C12H23N3O. The number of aliphatic hydroxyl groups is 1. The fourth-order valence-electron chi connectivity index (χ4n) is 1.82. The van der Waals surface area contributed by atoms with E-state index in [4.69, 9.17) is 0 Å². The molecule has 0 aliphatic carbocycles. The van der Waals surface area contributed by atoms with E-state index in [-0.39, 0.29) is 12.6 Å². The lowest BCUT2D eigenvalue weighted by atomic mass is 10.0. The molecule has 0 bridgehead atoms. The molecule has 1 heterocycles. The van der Waals surface area contributed by atoms with Gasteiger partial charge in [0, 0.05) is 30.9 Å². The van der Waals surface area contributed by atoms with Crippen LogP contribution in [0.3, 0.4) is 0 Å². The van der Waals surface area contributed by atoms with E-state index in [0.29, 0.717) is 5.92 Å². The van der Waals surface area contributed by atoms with Crippen LogP contribution < -0.4 is 5.32 Å². The highest BCUT2D eigenvalue weighted by Gasteiger charge is 2.14. The Hall–Kier alpha value is -0.870. The summed E-state index contributed by atoms with van der Waals surface area (Å²) >= 11 is 0. The van der Waals surface area contributed by atoms with Gasteiger partial charge < -0.3 is 10.4 Å². The van der Waals surface area contributed by atoms with Gasteiger partial charge in [-0.3, -0.25) is 4.68 Å². The predicted octanol–water partition coefficient (Wildman–Crippen LogP) is 1.14. The maximum absolute atomic E-state index is 9.23. The topological polar surface area (TPSA) is 50.1 Å². The molecule has 0 radical (unpaired) electrons. The molecule has 92 valence electrons. The summed E-state index contributed by atoms with van der Waals surface area (Å²) in [6.45, 7) is 9.26. The van der Waals surface area contributed by atoms with Gasteiger partial charge in [-0.15, -0.1) is 0 Å². The molecule has 0 fully saturated rings. The summed E-state index contributed by atoms with van der Waals surface area (Å²) < 4.78 is 1.90. The van der Waals surface area contributed by atoms with Crippen LogP contribution in [0.15, 0.2) is 0 Å². The van der Waals surface area contributed by atoms with Gasteiger partial charge in [-0.2, -0.15) is 5.10 Å². The van der Waals surface area contributed by atoms with E-state index in [1.165, 1.54) is 11.3 Å². The van der Waals surface area contributed by atoms with Crippen LogP contribution in [0.4, 0.5) is 0 Å². The second-order valence-corrected chi connectivity index (χ2v) is 4.69. The molecule has 2 N–H and O–H groups in total. The maximum atomic E-state index is 9.23. The van der Waals surface area contributed by atoms with E-state index in [0.717, 1.165) is 12.2 Å². The van der Waals surface area contributed by atoms with E-state index in [2.05, 4.69) is 31.2 Å². The number of nitrogens with one attached hydrogen (secondary N) is 1. The van der Waals surface area contributed by atoms with Gasteiger partial charge in [0.2, 0.25) is 0 Å². The number of rotatable bonds is 5. The summed E-state index contributed by atoms with van der Waals surface area (Å²) in [5.74, 6) is 0.433. The fraction of sp³-hybridized carbons (Fsp3) is 0.750. The van der Waals surface area contributed by atoms with Crippen LogP contribution in [0.1, 0.15) is 30.8 Å². The zero-order valence-corrected chi connectivity index (χ0v) is 10.9. The monoisotopic (exact) mass is 225 g/mol. The van der Waals surface area contributed by atoms with Crippen LogP contribution in [0, 0.1) is 19.8 Å². The first-order chi connectivity index (χ1) is 7.47. The number of aryl methyl sites for hydroxylation is 2. The lowest BCUT2D eigenvalue weighted by Crippen LogP contribution is -2.36. The molecule has 0 saturated heterocycles. The van der Waals surface area contributed by atoms with Gasteiger partial charge in [-0.1, -0.05) is 13.8 Å². The lowest BCUT2D eigenvalue weighted by molar-refractivity contribution is 0.210. The molecule has 4 nitrogen and oxygen atoms in total. The van der Waals surface area contributed by atoms with Crippen LogP contribution in [-0.2, 0) is 13.6 Å². The number of aliphatic hydroxyl groups excluding tert-OH is 1. The summed E-state index contributed by atoms with van der Waals surface area (Å²) in [7, 11) is 1.96. The smallest absolute Gasteiger partial charge is 0.0641 e. The van der Waals surface area contributed by atoms with E-state index < -0.39 is 0 Å². The van der Waals surface area contributed by atoms with Crippen molar-refractivity contribution in [3.05, 3.63) is 17.0 Å². The van der Waals surface area contributed by atoms with Crippen LogP contribution in [0.2, 0.25) is 0 Å². The highest BCUT2D eigenvalue weighted by Crippen LogP contribution is 2.12. The van der Waals surface area contributed by atoms with Crippen molar-refractivity contribution in [2.75, 3.05) is 6.61 Å². The zero-order valence-electron chi connectivity index (χ0n) is 10.9. The predicted molar refractivity (Wildman–Crippen MR) is 65.2 cm³/mol. The first-order valence-electron chi connectivity index (χ1n) is 5.80. The third kappa shape index (κ3) is 2.83. The quantitative estimate of drug-likeness (QED) is 0.790. The van der Waals surface area contributed by atoms with E-state index in [1.807, 2.05) is 18.7 Å². The molecule has 4 heteroatoms. The number of hydrogen-bond donors (Lipinski definition) is 2. The van der Waals surface area contributed by atoms with Gasteiger partial charge in [-0.05, 0) is 19.8 Å². The molecule has 0 aromatic carbocycles. The van der Waals surface area contributed by atoms with Crippen molar-refractivity contribution in [3.8, 4) is 0 Å². The normalized spacial score (nSPS) is 13.4. The second kappa shape index (κ2) is 5.46. The molecule has 0 spiro atoms. The highest BCUT2D eigenvalue weighted by molar-refractivity contribution is 5.24. The maximum Gasteiger partial charge on any atom is 0.0641 e. The van der Waals surface area contributed by atoms with Crippen molar-refractivity contribution < 1.29 is 5.11 Å². The number of aromatic nitrogens is 2. The van der Waals surface area contributed by atoms with Gasteiger partial charge in [-0.25, -0.2) is 0 Å². The molecule has 0 aliphatic rings. The van der Waals surface area contributed by atoms with Gasteiger partial charge in [0.1, 0.15) is 0 Å². The lowest BCUT2D eigenvalue weighted by Gasteiger charge is -2.20. The van der Waals surface area contributed by atoms with Crippen molar-refractivity contribution in [3.63, 3.8) is 0 Å². The number of hydrogen-bond acceptors (Lipinski definition) is 3. The summed E-state index contributed by atoms with van der Waals surface area (Å²) in [6, 6.07) is 0.152. The Labute approximate surface area is 97.7 Å². The third-order valence-corrected chi connectivity index (χ3v) is 3.20. The summed E-state index contributed by atoms with van der Waals surface area (Å²) in [4.78, 5) is 0. The number of nitrogens with zero attached hydrogens (tertiary/aromatic N) is 2. The van der Waals surface area contributed by atoms with Crippen molar-refractivity contribution >= 4 is 0 Å². The van der Waals surface area contributed by atoms with Gasteiger partial charge in [0.25, 0.3) is 0 Å². The first-order valence-corrected chi connectivity index (χ1v) is 5.80. The third-order valence-electron chi connectivity index (χ3n) is 3.20. The van der Waals surface area contributed by atoms with Crippen LogP contribution in [-0.4, -0.2) is 27.5 Å². The van der Waals surface area contributed by atoms with Crippen LogP contribution in [0.5, 0.6) is 0 Å². The largest absolute Gasteiger partial charge is 0.395 e. The van der Waals surface area contributed by atoms with Crippen molar-refractivity contribution in [2.45, 2.75) is 40.3 Å². The van der Waals surface area contributed by atoms with Crippen molar-refractivity contribution in [1.82, 2.24) is 15.1 Å². The standard InChI is InChI=1S/C12H23N3O/c1-8(2)12(7-16)13-6-11-9(3)14-15(5)10(11)4/h8,12-13,16H,6-7H2,1-5H3. The van der Waals surface area contributed by atoms with Crippen molar-refractivity contribution in [2.24, 2.45) is 13.0 Å². The minimum absolute atomic E-state index is 0.152. The molecule has 1 rings (SSSR count). The Kier molecular flexibility index (Phi) is 4.50. The van der Waals surface area contributed by atoms with Gasteiger partial charge in [0.15, 0.2) is 0 Å². The molecule has 0 saturated carbocycles. The Balaban J connectivity index is 2.67. The average molecular weight is 225 g/mol. The van der Waals surface area contributed by atoms with Gasteiger partial charge >= 0.3 is 0 Å². The van der Waals surface area contributed by atoms with E-state index in [9.17, 15) is 5.11 Å². The zero-order chi connectivity index (χ0) is 12.3. The minimum atomic E-state index is 0.152. The Morgan fingerprint density at radius 1 is 1.38 bits per heavy atom. The Morgan fingerprint density at radius 2 is 2.00 bits per heavy atom. The summed E-state index contributed by atoms with van der Waals surface area (Å²) in [6.07, 6.45) is 0. The minimum Gasteiger partial charge on any atom is -0.395 e. The molecule has 1 unspecified atom stereocenters. The van der Waals surface area contributed by atoms with E-state index >= 15 is 0 Å². The average Bonchev–Trinajstić information content (AvgIpc) is 2.44. The highest BCUT2D eigenvalue weighted by atomic mass is 16.3. The Morgan fingerprint density at radius 3 is 2.38 bits per heavy atom. The summed E-state index contributed by atoms with van der Waals surface area (Å²) in [5, 5.41) is 17.0. The Bertz CT molecular complexity index is 344. The second-order valence-electron chi connectivity index (χ2n) is 4.69. The molecule has 0 amide bonds. The van der Waals surface area contributed by atoms with Crippen molar-refractivity contribution in [1.29, 1.82) is 0 Å². The fourth-order valence-corrected chi connectivity index (χ4v) is 1.82. The van der Waals surface area contributed by atoms with Crippen LogP contribution in [0.25, 0.3) is 0 Å². The molecule has 16 heavy (non-hydrogen) atoms. The first kappa shape index (κ1) is 13.2. The molecule has 0 aliphatic heterocycles. The van der Waals surface area contributed by atoms with E-state index in [1.54, 1.807) is 0 Å². The molecule has 1 aromatic rings. The van der Waals surface area contributed by atoms with Gasteiger partial charge in [0.05, 0.1) is 12.3 Å². The molecule has 1 aromatic heterocycles. The van der Waals surface area contributed by atoms with Crippen LogP contribution >= 0.6 is 0 Å².